The van der Waals surface area contributed by atoms with Gasteiger partial charge in [-0.1, -0.05) is 0 Å². The highest BCUT2D eigenvalue weighted by Gasteiger charge is 2.17. The van der Waals surface area contributed by atoms with E-state index in [2.05, 4.69) is 48.0 Å². The van der Waals surface area contributed by atoms with Crippen molar-refractivity contribution in [1.29, 1.82) is 0 Å². The van der Waals surface area contributed by atoms with E-state index in [4.69, 9.17) is 5.73 Å². The van der Waals surface area contributed by atoms with E-state index >= 15 is 0 Å². The van der Waals surface area contributed by atoms with Crippen LogP contribution in [0.25, 0.3) is 5.65 Å². The van der Waals surface area contributed by atoms with Gasteiger partial charge in [0, 0.05) is 43.0 Å². The predicted molar refractivity (Wildman–Crippen MR) is 109 cm³/mol. The summed E-state index contributed by atoms with van der Waals surface area (Å²) in [6.07, 6.45) is 2.38. The highest BCUT2D eigenvalue weighted by Crippen LogP contribution is 2.18. The Morgan fingerprint density at radius 1 is 1.21 bits per heavy atom. The van der Waals surface area contributed by atoms with Crippen molar-refractivity contribution < 1.29 is 9.59 Å². The van der Waals surface area contributed by atoms with Crippen LogP contribution in [0.1, 0.15) is 61.4 Å². The molecule has 8 heteroatoms. The molecule has 0 atom stereocenters. The second-order valence-corrected chi connectivity index (χ2v) is 7.69. The Balaban J connectivity index is 2.00. The number of primary amides is 1. The van der Waals surface area contributed by atoms with E-state index in [0.717, 1.165) is 23.5 Å². The van der Waals surface area contributed by atoms with Crippen LogP contribution < -0.4 is 11.1 Å². The summed E-state index contributed by atoms with van der Waals surface area (Å²) >= 11 is 0. The molecule has 0 saturated heterocycles. The molecule has 28 heavy (non-hydrogen) atoms. The SMILES string of the molecule is Cc1nc2c(C(N)=O)cnn2c(C)c1CCC(=O)NCCN(C(C)C)C(C)C. The van der Waals surface area contributed by atoms with Crippen LogP contribution in [0, 0.1) is 13.8 Å². The van der Waals surface area contributed by atoms with Crippen LogP contribution in [0.4, 0.5) is 0 Å². The Kier molecular flexibility index (Phi) is 7.12. The maximum atomic E-state index is 12.3. The largest absolute Gasteiger partial charge is 0.365 e. The van der Waals surface area contributed by atoms with Crippen molar-refractivity contribution in [3.8, 4) is 0 Å². The molecule has 2 rings (SSSR count). The van der Waals surface area contributed by atoms with Crippen molar-refractivity contribution in [3.05, 3.63) is 28.7 Å². The molecule has 2 heterocycles. The maximum absolute atomic E-state index is 12.3. The van der Waals surface area contributed by atoms with Gasteiger partial charge in [-0.3, -0.25) is 14.5 Å². The first-order valence-corrected chi connectivity index (χ1v) is 9.79. The molecule has 0 aliphatic rings. The Morgan fingerprint density at radius 2 is 1.86 bits per heavy atom. The lowest BCUT2D eigenvalue weighted by atomic mass is 10.1. The van der Waals surface area contributed by atoms with Crippen LogP contribution in [0.5, 0.6) is 0 Å². The molecule has 3 N–H and O–H groups in total. The highest BCUT2D eigenvalue weighted by atomic mass is 16.1. The first-order valence-electron chi connectivity index (χ1n) is 9.79. The molecule has 0 aromatic carbocycles. The van der Waals surface area contributed by atoms with Crippen molar-refractivity contribution in [1.82, 2.24) is 24.8 Å². The summed E-state index contributed by atoms with van der Waals surface area (Å²) in [7, 11) is 0. The summed E-state index contributed by atoms with van der Waals surface area (Å²) in [6, 6.07) is 0.888. The first-order chi connectivity index (χ1) is 13.1. The quantitative estimate of drug-likeness (QED) is 0.679. The summed E-state index contributed by atoms with van der Waals surface area (Å²) in [4.78, 5) is 30.6. The molecular formula is C20H32N6O2. The molecule has 8 nitrogen and oxygen atoms in total. The fourth-order valence-electron chi connectivity index (χ4n) is 3.61. The van der Waals surface area contributed by atoms with Gasteiger partial charge in [0.1, 0.15) is 5.56 Å². The molecule has 0 fully saturated rings. The molecule has 2 aromatic heterocycles. The maximum Gasteiger partial charge on any atom is 0.254 e. The Morgan fingerprint density at radius 3 is 2.43 bits per heavy atom. The van der Waals surface area contributed by atoms with E-state index in [1.807, 2.05) is 13.8 Å². The summed E-state index contributed by atoms with van der Waals surface area (Å²) in [5.41, 5.74) is 8.75. The number of aromatic nitrogens is 3. The number of rotatable bonds is 9. The van der Waals surface area contributed by atoms with Gasteiger partial charge in [-0.15, -0.1) is 0 Å². The van der Waals surface area contributed by atoms with E-state index in [1.165, 1.54) is 6.20 Å². The normalized spacial score (nSPS) is 11.8. The molecule has 0 aliphatic carbocycles. The average molecular weight is 389 g/mol. The van der Waals surface area contributed by atoms with Gasteiger partial charge in [0.2, 0.25) is 5.91 Å². The van der Waals surface area contributed by atoms with Crippen LogP contribution in [0.2, 0.25) is 0 Å². The van der Waals surface area contributed by atoms with Crippen molar-refractivity contribution in [3.63, 3.8) is 0 Å². The van der Waals surface area contributed by atoms with Gasteiger partial charge in [-0.25, -0.2) is 9.50 Å². The average Bonchev–Trinajstić information content (AvgIpc) is 3.01. The van der Waals surface area contributed by atoms with Crippen molar-refractivity contribution in [2.24, 2.45) is 5.73 Å². The lowest BCUT2D eigenvalue weighted by Gasteiger charge is -2.30. The zero-order valence-electron chi connectivity index (χ0n) is 17.7. The minimum absolute atomic E-state index is 0.0182. The fraction of sp³-hybridized carbons (Fsp3) is 0.600. The van der Waals surface area contributed by atoms with Crippen LogP contribution in [0.3, 0.4) is 0 Å². The van der Waals surface area contributed by atoms with Gasteiger partial charge >= 0.3 is 0 Å². The zero-order valence-corrected chi connectivity index (χ0v) is 17.7. The minimum atomic E-state index is -0.551. The smallest absolute Gasteiger partial charge is 0.254 e. The summed E-state index contributed by atoms with van der Waals surface area (Å²) in [6.45, 7) is 13.9. The number of fused-ring (bicyclic) bond motifs is 1. The number of nitrogens with zero attached hydrogens (tertiary/aromatic N) is 4. The van der Waals surface area contributed by atoms with Gasteiger partial charge in [-0.05, 0) is 53.5 Å². The third-order valence-corrected chi connectivity index (χ3v) is 5.09. The lowest BCUT2D eigenvalue weighted by Crippen LogP contribution is -2.42. The number of carbonyl (C=O) groups excluding carboxylic acids is 2. The van der Waals surface area contributed by atoms with E-state index < -0.39 is 5.91 Å². The van der Waals surface area contributed by atoms with Gasteiger partial charge in [0.25, 0.3) is 5.91 Å². The van der Waals surface area contributed by atoms with Crippen molar-refractivity contribution in [2.45, 2.75) is 66.5 Å². The molecule has 0 radical (unpaired) electrons. The number of hydrogen-bond donors (Lipinski definition) is 2. The number of nitrogens with one attached hydrogen (secondary N) is 1. The third-order valence-electron chi connectivity index (χ3n) is 5.09. The van der Waals surface area contributed by atoms with Crippen LogP contribution >= 0.6 is 0 Å². The number of hydrogen-bond acceptors (Lipinski definition) is 5. The number of carbonyl (C=O) groups is 2. The Bertz CT molecular complexity index is 848. The summed E-state index contributed by atoms with van der Waals surface area (Å²) in [5.74, 6) is -0.532. The van der Waals surface area contributed by atoms with E-state index in [0.29, 0.717) is 42.7 Å². The monoisotopic (exact) mass is 388 g/mol. The molecule has 0 unspecified atom stereocenters. The molecule has 0 spiro atoms. The minimum Gasteiger partial charge on any atom is -0.365 e. The second kappa shape index (κ2) is 9.14. The molecule has 2 amide bonds. The molecular weight excluding hydrogens is 356 g/mol. The molecule has 2 aromatic rings. The summed E-state index contributed by atoms with van der Waals surface area (Å²) < 4.78 is 1.61. The molecule has 0 saturated carbocycles. The molecule has 0 aliphatic heterocycles. The Labute approximate surface area is 166 Å². The van der Waals surface area contributed by atoms with Gasteiger partial charge < -0.3 is 11.1 Å². The zero-order chi connectivity index (χ0) is 21.0. The molecule has 0 bridgehead atoms. The van der Waals surface area contributed by atoms with E-state index in [1.54, 1.807) is 4.52 Å². The second-order valence-electron chi connectivity index (χ2n) is 7.69. The fourth-order valence-corrected chi connectivity index (χ4v) is 3.61. The van der Waals surface area contributed by atoms with Crippen molar-refractivity contribution >= 4 is 17.5 Å². The van der Waals surface area contributed by atoms with Crippen LogP contribution in [0.15, 0.2) is 6.20 Å². The number of nitrogens with two attached hydrogens (primary N) is 1. The predicted octanol–water partition coefficient (Wildman–Crippen LogP) is 1.61. The highest BCUT2D eigenvalue weighted by molar-refractivity contribution is 5.98. The number of aryl methyl sites for hydroxylation is 2. The van der Waals surface area contributed by atoms with E-state index in [9.17, 15) is 9.59 Å². The van der Waals surface area contributed by atoms with E-state index in [-0.39, 0.29) is 5.91 Å². The van der Waals surface area contributed by atoms with Crippen molar-refractivity contribution in [2.75, 3.05) is 13.1 Å². The topological polar surface area (TPSA) is 106 Å². The Hall–Kier alpha value is -2.48. The summed E-state index contributed by atoms with van der Waals surface area (Å²) in [5, 5.41) is 7.22. The lowest BCUT2D eigenvalue weighted by molar-refractivity contribution is -0.121. The third kappa shape index (κ3) is 4.86. The first kappa shape index (κ1) is 21.8. The van der Waals surface area contributed by atoms with Crippen LogP contribution in [-0.4, -0.2) is 56.5 Å². The van der Waals surface area contributed by atoms with Gasteiger partial charge in [-0.2, -0.15) is 5.10 Å². The van der Waals surface area contributed by atoms with Crippen LogP contribution in [-0.2, 0) is 11.2 Å². The standard InChI is InChI=1S/C20H32N6O2/c1-12(2)25(13(3)4)10-9-22-18(27)8-7-16-14(5)24-20-17(19(21)28)11-23-26(20)15(16)6/h11-13H,7-10H2,1-6H3,(H2,21,28)(H,22,27). The van der Waals surface area contributed by atoms with Gasteiger partial charge in [0.05, 0.1) is 6.20 Å². The molecule has 154 valence electrons. The number of amides is 2. The van der Waals surface area contributed by atoms with Gasteiger partial charge in [0.15, 0.2) is 5.65 Å².